The van der Waals surface area contributed by atoms with E-state index < -0.39 is 10.0 Å². The summed E-state index contributed by atoms with van der Waals surface area (Å²) in [5, 5.41) is 1.44. The zero-order chi connectivity index (χ0) is 22.6. The third kappa shape index (κ3) is 6.24. The molecule has 1 N–H and O–H groups in total. The van der Waals surface area contributed by atoms with Crippen molar-refractivity contribution in [2.75, 3.05) is 12.3 Å². The van der Waals surface area contributed by atoms with Crippen molar-refractivity contribution in [3.63, 3.8) is 0 Å². The van der Waals surface area contributed by atoms with Gasteiger partial charge in [-0.25, -0.2) is 13.1 Å². The molecule has 2 saturated carbocycles. The van der Waals surface area contributed by atoms with Crippen LogP contribution in [0.3, 0.4) is 0 Å². The zero-order valence-corrected chi connectivity index (χ0v) is 21.4. The first-order chi connectivity index (χ1) is 15.4. The summed E-state index contributed by atoms with van der Waals surface area (Å²) in [6.45, 7) is 0.425. The molecule has 2 aliphatic rings. The molecule has 0 atom stereocenters. The van der Waals surface area contributed by atoms with Crippen LogP contribution in [0.1, 0.15) is 56.1 Å². The van der Waals surface area contributed by atoms with E-state index in [1.807, 2.05) is 0 Å². The molecule has 4 rings (SSSR count). The van der Waals surface area contributed by atoms with Gasteiger partial charge in [-0.3, -0.25) is 0 Å². The third-order valence-corrected chi connectivity index (χ3v) is 10.4. The second-order valence-corrected chi connectivity index (χ2v) is 13.3. The van der Waals surface area contributed by atoms with Crippen LogP contribution in [0.4, 0.5) is 0 Å². The molecule has 2 aliphatic carbocycles. The van der Waals surface area contributed by atoms with Crippen molar-refractivity contribution in [3.8, 4) is 0 Å². The normalized spacial score (nSPS) is 18.6. The van der Waals surface area contributed by atoms with Gasteiger partial charge in [0.2, 0.25) is 10.0 Å². The van der Waals surface area contributed by atoms with E-state index in [0.717, 1.165) is 37.4 Å². The lowest BCUT2D eigenvalue weighted by atomic mass is 9.65. The molecule has 2 aromatic carbocycles. The molecule has 0 spiro atoms. The van der Waals surface area contributed by atoms with E-state index in [1.165, 1.54) is 54.7 Å². The van der Waals surface area contributed by atoms with Crippen LogP contribution in [-0.2, 0) is 22.9 Å². The van der Waals surface area contributed by atoms with Gasteiger partial charge < -0.3 is 0 Å². The maximum Gasteiger partial charge on any atom is 0.242 e. The minimum absolute atomic E-state index is 0.0220. The number of nitrogens with one attached hydrogen (secondary N) is 1. The van der Waals surface area contributed by atoms with Crippen LogP contribution in [0.2, 0.25) is 10.0 Å². The lowest BCUT2D eigenvalue weighted by Gasteiger charge is -2.42. The fraction of sp³-hybridized carbons (Fsp3) is 0.520. The van der Waals surface area contributed by atoms with E-state index in [9.17, 15) is 8.42 Å². The van der Waals surface area contributed by atoms with Crippen molar-refractivity contribution in [1.29, 1.82) is 0 Å². The molecule has 0 aliphatic heterocycles. The van der Waals surface area contributed by atoms with Crippen LogP contribution < -0.4 is 4.72 Å². The van der Waals surface area contributed by atoms with Gasteiger partial charge in [0.1, 0.15) is 4.90 Å². The van der Waals surface area contributed by atoms with E-state index in [-0.39, 0.29) is 15.3 Å². The van der Waals surface area contributed by atoms with Crippen LogP contribution in [0, 0.1) is 5.41 Å². The van der Waals surface area contributed by atoms with Crippen LogP contribution in [0.5, 0.6) is 0 Å². The summed E-state index contributed by atoms with van der Waals surface area (Å²) < 4.78 is 28.4. The second kappa shape index (κ2) is 10.7. The minimum Gasteiger partial charge on any atom is -0.211 e. The number of hydrogen-bond donors (Lipinski definition) is 1. The van der Waals surface area contributed by atoms with Crippen molar-refractivity contribution in [1.82, 2.24) is 4.72 Å². The van der Waals surface area contributed by atoms with E-state index in [2.05, 4.69) is 40.7 Å². The fourth-order valence-electron chi connectivity index (χ4n) is 4.77. The molecular formula is C25H31Cl2NO2S2. The third-order valence-electron chi connectivity index (χ3n) is 6.88. The Morgan fingerprint density at radius 1 is 0.969 bits per heavy atom. The number of halogens is 2. The molecule has 0 amide bonds. The van der Waals surface area contributed by atoms with Gasteiger partial charge in [-0.05, 0) is 79.0 Å². The summed E-state index contributed by atoms with van der Waals surface area (Å²) >= 11 is 14.2. The average Bonchev–Trinajstić information content (AvgIpc) is 3.24. The van der Waals surface area contributed by atoms with Gasteiger partial charge in [0, 0.05) is 16.8 Å². The molecule has 3 nitrogen and oxygen atoms in total. The quantitative estimate of drug-likeness (QED) is 0.377. The highest BCUT2D eigenvalue weighted by molar-refractivity contribution is 7.99. The molecule has 0 bridgehead atoms. The first-order valence-corrected chi connectivity index (χ1v) is 14.8. The number of thioether (sulfide) groups is 1. The largest absolute Gasteiger partial charge is 0.242 e. The Morgan fingerprint density at radius 2 is 1.66 bits per heavy atom. The van der Waals surface area contributed by atoms with E-state index >= 15 is 0 Å². The Morgan fingerprint density at radius 3 is 2.28 bits per heavy atom. The summed E-state index contributed by atoms with van der Waals surface area (Å²) in [6.07, 6.45) is 10.8. The minimum atomic E-state index is -3.68. The van der Waals surface area contributed by atoms with Gasteiger partial charge in [0.25, 0.3) is 0 Å². The first-order valence-electron chi connectivity index (χ1n) is 11.5. The number of rotatable bonds is 10. The summed E-state index contributed by atoms with van der Waals surface area (Å²) in [4.78, 5) is 0.0814. The summed E-state index contributed by atoms with van der Waals surface area (Å²) in [5.74, 6) is 1.20. The lowest BCUT2D eigenvalue weighted by molar-refractivity contribution is 0.139. The fourth-order valence-corrected chi connectivity index (χ4v) is 8.05. The summed E-state index contributed by atoms with van der Waals surface area (Å²) in [7, 11) is -3.68. The molecule has 7 heteroatoms. The highest BCUT2D eigenvalue weighted by Gasteiger charge is 2.38. The van der Waals surface area contributed by atoms with Gasteiger partial charge in [-0.15, -0.1) is 0 Å². The van der Waals surface area contributed by atoms with Crippen molar-refractivity contribution in [2.24, 2.45) is 5.41 Å². The molecule has 174 valence electrons. The average molecular weight is 513 g/mol. The molecule has 0 radical (unpaired) electrons. The number of aryl methyl sites for hydroxylation is 1. The van der Waals surface area contributed by atoms with Gasteiger partial charge in [0.05, 0.1) is 5.02 Å². The molecule has 2 fully saturated rings. The standard InChI is InChI=1S/C25H31Cl2NO2S2/c26-21-10-11-24(23(27)16-21)32(29,30)28-18-25(13-3-14-25)17-20-8-6-19(7-9-20)12-15-31-22-4-1-2-5-22/h6-11,16,22,28H,1-5,12-15,17-18H2. The molecule has 0 unspecified atom stereocenters. The second-order valence-electron chi connectivity index (χ2n) is 9.27. The SMILES string of the molecule is O=S(=O)(NCC1(Cc2ccc(CCSC3CCCC3)cc2)CCC1)c1ccc(Cl)cc1Cl. The molecule has 32 heavy (non-hydrogen) atoms. The van der Waals surface area contributed by atoms with E-state index in [0.29, 0.717) is 11.6 Å². The lowest BCUT2D eigenvalue weighted by Crippen LogP contribution is -2.43. The predicted molar refractivity (Wildman–Crippen MR) is 136 cm³/mol. The maximum absolute atomic E-state index is 12.8. The van der Waals surface area contributed by atoms with Crippen molar-refractivity contribution >= 4 is 45.0 Å². The topological polar surface area (TPSA) is 46.2 Å². The highest BCUT2D eigenvalue weighted by atomic mass is 35.5. The Labute approximate surface area is 206 Å². The maximum atomic E-state index is 12.8. The van der Waals surface area contributed by atoms with Crippen molar-refractivity contribution in [2.45, 2.75) is 67.9 Å². The zero-order valence-electron chi connectivity index (χ0n) is 18.3. The van der Waals surface area contributed by atoms with Crippen molar-refractivity contribution in [3.05, 3.63) is 63.6 Å². The van der Waals surface area contributed by atoms with E-state index in [1.54, 1.807) is 6.07 Å². The van der Waals surface area contributed by atoms with Gasteiger partial charge in [-0.1, -0.05) is 66.7 Å². The number of sulfonamides is 1. The monoisotopic (exact) mass is 511 g/mol. The van der Waals surface area contributed by atoms with E-state index in [4.69, 9.17) is 23.2 Å². The predicted octanol–water partition coefficient (Wildman–Crippen LogP) is 6.90. The molecular weight excluding hydrogens is 481 g/mol. The van der Waals surface area contributed by atoms with Crippen LogP contribution >= 0.6 is 35.0 Å². The van der Waals surface area contributed by atoms with Gasteiger partial charge >= 0.3 is 0 Å². The van der Waals surface area contributed by atoms with Crippen molar-refractivity contribution < 1.29 is 8.42 Å². The number of hydrogen-bond acceptors (Lipinski definition) is 3. The molecule has 0 saturated heterocycles. The molecule has 0 heterocycles. The Hall–Kier alpha value is -0.720. The smallest absolute Gasteiger partial charge is 0.211 e. The van der Waals surface area contributed by atoms with Gasteiger partial charge in [0.15, 0.2) is 0 Å². The Kier molecular flexibility index (Phi) is 8.15. The Balaban J connectivity index is 1.32. The van der Waals surface area contributed by atoms with Crippen LogP contribution in [0.15, 0.2) is 47.4 Å². The first kappa shape index (κ1) is 24.4. The molecule has 2 aromatic rings. The molecule has 0 aromatic heterocycles. The Bertz CT molecular complexity index is 1010. The summed E-state index contributed by atoms with van der Waals surface area (Å²) in [6, 6.07) is 13.4. The van der Waals surface area contributed by atoms with Crippen LogP contribution in [-0.4, -0.2) is 26.0 Å². The van der Waals surface area contributed by atoms with Crippen LogP contribution in [0.25, 0.3) is 0 Å². The van der Waals surface area contributed by atoms with Gasteiger partial charge in [-0.2, -0.15) is 11.8 Å². The highest BCUT2D eigenvalue weighted by Crippen LogP contribution is 2.43. The summed E-state index contributed by atoms with van der Waals surface area (Å²) in [5.41, 5.74) is 2.65. The number of benzene rings is 2.